The SMILES string of the molecule is CCOC(=O)C1=C(CN2CC(F)CCC2CSCC(=O)O)NC(c2nccs2)=N[C@H]1c1ccc(F)cc1Br. The predicted molar refractivity (Wildman–Crippen MR) is 147 cm³/mol. The zero-order valence-corrected chi connectivity index (χ0v) is 23.8. The maximum Gasteiger partial charge on any atom is 0.338 e. The summed E-state index contributed by atoms with van der Waals surface area (Å²) in [5.41, 5.74) is 1.31. The van der Waals surface area contributed by atoms with E-state index in [1.54, 1.807) is 24.6 Å². The molecule has 1 saturated heterocycles. The maximum absolute atomic E-state index is 14.6. The molecule has 1 fully saturated rings. The first-order valence-electron chi connectivity index (χ1n) is 12.0. The summed E-state index contributed by atoms with van der Waals surface area (Å²) in [5, 5.41) is 14.7. The number of carbonyl (C=O) groups excluding carboxylic acids is 1. The number of aliphatic carboxylic acids is 1. The molecule has 2 aliphatic heterocycles. The van der Waals surface area contributed by atoms with Crippen LogP contribution in [0.4, 0.5) is 8.78 Å². The van der Waals surface area contributed by atoms with Gasteiger partial charge in [-0.3, -0.25) is 14.7 Å². The molecule has 1 aromatic heterocycles. The molecule has 0 radical (unpaired) electrons. The molecule has 2 unspecified atom stereocenters. The summed E-state index contributed by atoms with van der Waals surface area (Å²) in [6, 6.07) is 3.27. The summed E-state index contributed by atoms with van der Waals surface area (Å²) in [6.07, 6.45) is 1.56. The van der Waals surface area contributed by atoms with E-state index < -0.39 is 30.0 Å². The first kappa shape index (κ1) is 28.7. The number of nitrogens with one attached hydrogen (secondary N) is 1. The molecule has 1 aromatic carbocycles. The summed E-state index contributed by atoms with van der Waals surface area (Å²) in [7, 11) is 0. The third kappa shape index (κ3) is 6.99. The highest BCUT2D eigenvalue weighted by atomic mass is 79.9. The Hall–Kier alpha value is -2.35. The van der Waals surface area contributed by atoms with Crippen LogP contribution in [0.3, 0.4) is 0 Å². The summed E-state index contributed by atoms with van der Waals surface area (Å²) in [4.78, 5) is 35.5. The molecule has 8 nitrogen and oxygen atoms in total. The maximum atomic E-state index is 14.6. The van der Waals surface area contributed by atoms with Gasteiger partial charge in [-0.05, 0) is 37.5 Å². The zero-order valence-electron chi connectivity index (χ0n) is 20.5. The Morgan fingerprint density at radius 1 is 1.37 bits per heavy atom. The third-order valence-electron chi connectivity index (χ3n) is 6.17. The molecule has 0 spiro atoms. The number of nitrogens with zero attached hydrogens (tertiary/aromatic N) is 3. The molecule has 204 valence electrons. The van der Waals surface area contributed by atoms with E-state index in [1.807, 2.05) is 4.90 Å². The standard InChI is InChI=1S/C25H27BrF2N4O4S2/c1-2-36-25(35)21-19(11-32-10-15(28)3-5-16(32)12-37-13-20(33)34)30-23(24-29-7-8-38-24)31-22(21)17-6-4-14(27)9-18(17)26/h4,6-9,15-16,22H,2-3,5,10-13H2,1H3,(H,30,31)(H,33,34)/t15?,16?,22-/m0/s1. The van der Waals surface area contributed by atoms with E-state index in [2.05, 4.69) is 26.2 Å². The highest BCUT2D eigenvalue weighted by Gasteiger charge is 2.36. The van der Waals surface area contributed by atoms with Crippen molar-refractivity contribution in [2.24, 2.45) is 4.99 Å². The Balaban J connectivity index is 1.76. The normalized spacial score (nSPS) is 22.1. The number of amidine groups is 1. The van der Waals surface area contributed by atoms with Gasteiger partial charge >= 0.3 is 11.9 Å². The van der Waals surface area contributed by atoms with Crippen molar-refractivity contribution in [3.8, 4) is 0 Å². The number of thiazole rings is 1. The van der Waals surface area contributed by atoms with Gasteiger partial charge in [0.1, 0.15) is 18.0 Å². The topological polar surface area (TPSA) is 104 Å². The fourth-order valence-electron chi connectivity index (χ4n) is 4.49. The van der Waals surface area contributed by atoms with Crippen molar-refractivity contribution in [3.05, 3.63) is 61.9 Å². The molecule has 2 aliphatic rings. The Kier molecular flexibility index (Phi) is 9.91. The van der Waals surface area contributed by atoms with Gasteiger partial charge in [0.25, 0.3) is 0 Å². The van der Waals surface area contributed by atoms with Crippen LogP contribution in [0.1, 0.15) is 36.4 Å². The quantitative estimate of drug-likeness (QED) is 0.369. The minimum absolute atomic E-state index is 0.0417. The summed E-state index contributed by atoms with van der Waals surface area (Å²) in [6.45, 7) is 2.18. The number of ether oxygens (including phenoxy) is 1. The molecule has 0 bridgehead atoms. The molecule has 3 heterocycles. The number of alkyl halides is 1. The molecule has 38 heavy (non-hydrogen) atoms. The Morgan fingerprint density at radius 3 is 2.87 bits per heavy atom. The molecule has 3 atom stereocenters. The first-order valence-corrected chi connectivity index (χ1v) is 14.9. The van der Waals surface area contributed by atoms with Crippen LogP contribution < -0.4 is 5.32 Å². The van der Waals surface area contributed by atoms with Crippen molar-refractivity contribution < 1.29 is 28.2 Å². The second kappa shape index (κ2) is 13.1. The lowest BCUT2D eigenvalue weighted by Gasteiger charge is -2.39. The molecule has 2 aromatic rings. The van der Waals surface area contributed by atoms with Gasteiger partial charge in [0.15, 0.2) is 10.8 Å². The van der Waals surface area contributed by atoms with E-state index in [1.165, 1.54) is 35.2 Å². The number of aliphatic imine (C=N–C) groups is 1. The van der Waals surface area contributed by atoms with E-state index in [0.29, 0.717) is 45.2 Å². The van der Waals surface area contributed by atoms with Crippen molar-refractivity contribution in [2.75, 3.05) is 31.2 Å². The number of carbonyl (C=O) groups is 2. The number of thioether (sulfide) groups is 1. The van der Waals surface area contributed by atoms with Crippen molar-refractivity contribution in [3.63, 3.8) is 0 Å². The number of piperidine rings is 1. The number of aromatic nitrogens is 1. The van der Waals surface area contributed by atoms with Crippen LogP contribution in [-0.4, -0.2) is 76.2 Å². The fraction of sp³-hybridized carbons (Fsp3) is 0.440. The van der Waals surface area contributed by atoms with Crippen molar-refractivity contribution in [2.45, 2.75) is 38.0 Å². The summed E-state index contributed by atoms with van der Waals surface area (Å²) < 4.78 is 34.4. The Morgan fingerprint density at radius 2 is 2.18 bits per heavy atom. The van der Waals surface area contributed by atoms with Crippen LogP contribution in [0, 0.1) is 5.82 Å². The van der Waals surface area contributed by atoms with E-state index in [-0.39, 0.29) is 37.1 Å². The van der Waals surface area contributed by atoms with Gasteiger partial charge in [-0.2, -0.15) is 0 Å². The van der Waals surface area contributed by atoms with Gasteiger partial charge in [0.05, 0.1) is 17.9 Å². The Bertz CT molecular complexity index is 1230. The Labute approximate surface area is 235 Å². The molecule has 13 heteroatoms. The average Bonchev–Trinajstić information content (AvgIpc) is 3.40. The zero-order chi connectivity index (χ0) is 27.2. The molecule has 0 aliphatic carbocycles. The van der Waals surface area contributed by atoms with Crippen LogP contribution in [0.5, 0.6) is 0 Å². The monoisotopic (exact) mass is 628 g/mol. The molecule has 0 saturated carbocycles. The number of benzene rings is 1. The number of carboxylic acid groups (broad SMARTS) is 1. The van der Waals surface area contributed by atoms with Gasteiger partial charge in [-0.1, -0.05) is 22.0 Å². The average molecular weight is 630 g/mol. The number of hydrogen-bond acceptors (Lipinski definition) is 9. The number of likely N-dealkylation sites (tertiary alicyclic amines) is 1. The van der Waals surface area contributed by atoms with Crippen LogP contribution >= 0.6 is 39.0 Å². The number of carboxylic acids is 1. The second-order valence-corrected chi connectivity index (χ2v) is 11.6. The van der Waals surface area contributed by atoms with Crippen LogP contribution in [0.25, 0.3) is 0 Å². The number of esters is 1. The molecule has 2 N–H and O–H groups in total. The van der Waals surface area contributed by atoms with Crippen LogP contribution in [0.2, 0.25) is 0 Å². The van der Waals surface area contributed by atoms with Crippen LogP contribution in [0.15, 0.2) is 50.5 Å². The van der Waals surface area contributed by atoms with Gasteiger partial charge < -0.3 is 15.2 Å². The summed E-state index contributed by atoms with van der Waals surface area (Å²) >= 11 is 6.07. The van der Waals surface area contributed by atoms with Gasteiger partial charge in [-0.15, -0.1) is 23.1 Å². The first-order chi connectivity index (χ1) is 18.3. The number of halogens is 3. The highest BCUT2D eigenvalue weighted by molar-refractivity contribution is 9.10. The second-order valence-electron chi connectivity index (χ2n) is 8.79. The lowest BCUT2D eigenvalue weighted by atomic mass is 9.94. The van der Waals surface area contributed by atoms with Crippen molar-refractivity contribution in [1.29, 1.82) is 0 Å². The number of rotatable bonds is 10. The largest absolute Gasteiger partial charge is 0.481 e. The minimum Gasteiger partial charge on any atom is -0.481 e. The van der Waals surface area contributed by atoms with Crippen LogP contribution in [-0.2, 0) is 14.3 Å². The molecular weight excluding hydrogens is 602 g/mol. The van der Waals surface area contributed by atoms with E-state index in [4.69, 9.17) is 14.8 Å². The molecule has 0 amide bonds. The van der Waals surface area contributed by atoms with E-state index in [0.717, 1.165) is 0 Å². The lowest BCUT2D eigenvalue weighted by molar-refractivity contribution is -0.139. The van der Waals surface area contributed by atoms with Crippen molar-refractivity contribution in [1.82, 2.24) is 15.2 Å². The van der Waals surface area contributed by atoms with Crippen molar-refractivity contribution >= 4 is 56.8 Å². The molecular formula is C25H27BrF2N4O4S2. The van der Waals surface area contributed by atoms with Gasteiger partial charge in [0.2, 0.25) is 0 Å². The smallest absolute Gasteiger partial charge is 0.338 e. The minimum atomic E-state index is -1.04. The molecule has 4 rings (SSSR count). The lowest BCUT2D eigenvalue weighted by Crippen LogP contribution is -2.49. The summed E-state index contributed by atoms with van der Waals surface area (Å²) in [5.74, 6) is -1.01. The van der Waals surface area contributed by atoms with E-state index >= 15 is 0 Å². The predicted octanol–water partition coefficient (Wildman–Crippen LogP) is 4.57. The van der Waals surface area contributed by atoms with Gasteiger partial charge in [-0.25, -0.2) is 18.6 Å². The number of hydrogen-bond donors (Lipinski definition) is 2. The highest BCUT2D eigenvalue weighted by Crippen LogP contribution is 2.37. The van der Waals surface area contributed by atoms with Gasteiger partial charge in [0, 0.05) is 46.6 Å². The fourth-order valence-corrected chi connectivity index (χ4v) is 6.58. The third-order valence-corrected chi connectivity index (χ3v) is 8.71. The van der Waals surface area contributed by atoms with E-state index in [9.17, 15) is 18.4 Å².